The molecule has 0 aromatic heterocycles. The van der Waals surface area contributed by atoms with E-state index in [0.717, 1.165) is 29.0 Å². The SMILES string of the molecule is CCOc1cc2c(cc1/C=C/C(=O)Nc1ccc(F)cc1C)OC(C)C2. The second-order valence-electron chi connectivity index (χ2n) is 6.35. The number of hydrogen-bond donors (Lipinski definition) is 1. The van der Waals surface area contributed by atoms with Gasteiger partial charge in [0.25, 0.3) is 0 Å². The first-order chi connectivity index (χ1) is 12.5. The number of nitrogens with one attached hydrogen (secondary N) is 1. The van der Waals surface area contributed by atoms with Gasteiger partial charge in [-0.3, -0.25) is 4.79 Å². The summed E-state index contributed by atoms with van der Waals surface area (Å²) in [6.45, 7) is 6.23. The molecule has 5 heteroatoms. The van der Waals surface area contributed by atoms with Crippen LogP contribution in [0.15, 0.2) is 36.4 Å². The highest BCUT2D eigenvalue weighted by atomic mass is 19.1. The molecule has 0 bridgehead atoms. The Balaban J connectivity index is 1.78. The van der Waals surface area contributed by atoms with E-state index < -0.39 is 0 Å². The van der Waals surface area contributed by atoms with E-state index in [-0.39, 0.29) is 17.8 Å². The van der Waals surface area contributed by atoms with Gasteiger partial charge in [0.1, 0.15) is 23.4 Å². The van der Waals surface area contributed by atoms with E-state index in [1.807, 2.05) is 26.0 Å². The van der Waals surface area contributed by atoms with Gasteiger partial charge in [-0.15, -0.1) is 0 Å². The van der Waals surface area contributed by atoms with Crippen LogP contribution in [0, 0.1) is 12.7 Å². The normalized spacial score (nSPS) is 15.6. The molecule has 4 nitrogen and oxygen atoms in total. The maximum Gasteiger partial charge on any atom is 0.248 e. The van der Waals surface area contributed by atoms with Crippen LogP contribution in [-0.2, 0) is 11.2 Å². The Morgan fingerprint density at radius 2 is 2.19 bits per heavy atom. The van der Waals surface area contributed by atoms with Gasteiger partial charge >= 0.3 is 0 Å². The molecule has 0 saturated heterocycles. The Morgan fingerprint density at radius 1 is 1.38 bits per heavy atom. The van der Waals surface area contributed by atoms with Crippen LogP contribution in [0.5, 0.6) is 11.5 Å². The molecular formula is C21H22FNO3. The van der Waals surface area contributed by atoms with E-state index in [4.69, 9.17) is 9.47 Å². The number of carbonyl (C=O) groups excluding carboxylic acids is 1. The minimum absolute atomic E-state index is 0.142. The third kappa shape index (κ3) is 4.04. The van der Waals surface area contributed by atoms with Gasteiger partial charge in [-0.25, -0.2) is 4.39 Å². The molecular weight excluding hydrogens is 333 g/mol. The average Bonchev–Trinajstić information content (AvgIpc) is 2.94. The van der Waals surface area contributed by atoms with Gasteiger partial charge in [-0.05, 0) is 62.7 Å². The summed E-state index contributed by atoms with van der Waals surface area (Å²) in [7, 11) is 0. The molecule has 2 aromatic rings. The van der Waals surface area contributed by atoms with Crippen LogP contribution < -0.4 is 14.8 Å². The number of carbonyl (C=O) groups is 1. The Morgan fingerprint density at radius 3 is 2.92 bits per heavy atom. The molecule has 1 heterocycles. The molecule has 0 aliphatic carbocycles. The minimum Gasteiger partial charge on any atom is -0.493 e. The number of fused-ring (bicyclic) bond motifs is 1. The Kier molecular flexibility index (Phi) is 5.26. The summed E-state index contributed by atoms with van der Waals surface area (Å²) < 4.78 is 24.6. The number of aryl methyl sites for hydroxylation is 1. The van der Waals surface area contributed by atoms with E-state index in [1.165, 1.54) is 18.2 Å². The van der Waals surface area contributed by atoms with Gasteiger partial charge in [-0.1, -0.05) is 0 Å². The Labute approximate surface area is 152 Å². The molecule has 3 rings (SSSR count). The van der Waals surface area contributed by atoms with Crippen LogP contribution in [0.25, 0.3) is 6.08 Å². The maximum atomic E-state index is 13.2. The van der Waals surface area contributed by atoms with Crippen LogP contribution in [-0.4, -0.2) is 18.6 Å². The van der Waals surface area contributed by atoms with Crippen LogP contribution in [0.1, 0.15) is 30.5 Å². The van der Waals surface area contributed by atoms with Crippen LogP contribution in [0.2, 0.25) is 0 Å². The predicted octanol–water partition coefficient (Wildman–Crippen LogP) is 4.51. The van der Waals surface area contributed by atoms with Crippen molar-refractivity contribution in [1.82, 2.24) is 0 Å². The number of benzene rings is 2. The monoisotopic (exact) mass is 355 g/mol. The van der Waals surface area contributed by atoms with E-state index in [0.29, 0.717) is 17.9 Å². The molecule has 1 atom stereocenters. The molecule has 136 valence electrons. The van der Waals surface area contributed by atoms with Crippen LogP contribution >= 0.6 is 0 Å². The van der Waals surface area contributed by atoms with Gasteiger partial charge in [-0.2, -0.15) is 0 Å². The first kappa shape index (κ1) is 18.0. The molecule has 0 radical (unpaired) electrons. The van der Waals surface area contributed by atoms with E-state index >= 15 is 0 Å². The lowest BCUT2D eigenvalue weighted by Crippen LogP contribution is -2.09. The molecule has 1 aliphatic heterocycles. The van der Waals surface area contributed by atoms with Crippen molar-refractivity contribution < 1.29 is 18.7 Å². The fourth-order valence-corrected chi connectivity index (χ4v) is 2.97. The Hall–Kier alpha value is -2.82. The van der Waals surface area contributed by atoms with Crippen molar-refractivity contribution in [3.63, 3.8) is 0 Å². The summed E-state index contributed by atoms with van der Waals surface area (Å²) in [6, 6.07) is 8.12. The van der Waals surface area contributed by atoms with Gasteiger partial charge in [0.05, 0.1) is 6.61 Å². The lowest BCUT2D eigenvalue weighted by atomic mass is 10.1. The molecule has 0 fully saturated rings. The highest BCUT2D eigenvalue weighted by molar-refractivity contribution is 6.02. The van der Waals surface area contributed by atoms with Crippen molar-refractivity contribution in [1.29, 1.82) is 0 Å². The third-order valence-electron chi connectivity index (χ3n) is 4.19. The Bertz CT molecular complexity index is 861. The largest absolute Gasteiger partial charge is 0.493 e. The lowest BCUT2D eigenvalue weighted by molar-refractivity contribution is -0.111. The van der Waals surface area contributed by atoms with Crippen LogP contribution in [0.3, 0.4) is 0 Å². The maximum absolute atomic E-state index is 13.2. The van der Waals surface area contributed by atoms with Crippen molar-refractivity contribution in [3.8, 4) is 11.5 Å². The zero-order valence-electron chi connectivity index (χ0n) is 15.1. The molecule has 0 spiro atoms. The second kappa shape index (κ2) is 7.60. The summed E-state index contributed by atoms with van der Waals surface area (Å²) in [6.07, 6.45) is 4.13. The minimum atomic E-state index is -0.329. The summed E-state index contributed by atoms with van der Waals surface area (Å²) in [5.41, 5.74) is 3.15. The smallest absolute Gasteiger partial charge is 0.248 e. The van der Waals surface area contributed by atoms with Gasteiger partial charge in [0, 0.05) is 29.3 Å². The van der Waals surface area contributed by atoms with E-state index in [2.05, 4.69) is 5.32 Å². The molecule has 1 N–H and O–H groups in total. The average molecular weight is 355 g/mol. The summed E-state index contributed by atoms with van der Waals surface area (Å²) in [5, 5.41) is 2.75. The van der Waals surface area contributed by atoms with Gasteiger partial charge in [0.2, 0.25) is 5.91 Å². The third-order valence-corrected chi connectivity index (χ3v) is 4.19. The van der Waals surface area contributed by atoms with E-state index in [1.54, 1.807) is 19.1 Å². The standard InChI is InChI=1S/C21H22FNO3/c1-4-25-19-12-16-10-14(3)26-20(16)11-15(19)5-8-21(24)23-18-7-6-17(22)9-13(18)2/h5-9,11-12,14H,4,10H2,1-3H3,(H,23,24)/b8-5+. The number of rotatable bonds is 5. The first-order valence-electron chi connectivity index (χ1n) is 8.68. The highest BCUT2D eigenvalue weighted by Gasteiger charge is 2.21. The zero-order chi connectivity index (χ0) is 18.7. The molecule has 0 saturated carbocycles. The quantitative estimate of drug-likeness (QED) is 0.803. The second-order valence-corrected chi connectivity index (χ2v) is 6.35. The summed E-state index contributed by atoms with van der Waals surface area (Å²) in [4.78, 5) is 12.2. The molecule has 2 aromatic carbocycles. The summed E-state index contributed by atoms with van der Waals surface area (Å²) >= 11 is 0. The first-order valence-corrected chi connectivity index (χ1v) is 8.68. The number of hydrogen-bond acceptors (Lipinski definition) is 3. The van der Waals surface area contributed by atoms with E-state index in [9.17, 15) is 9.18 Å². The fourth-order valence-electron chi connectivity index (χ4n) is 2.97. The summed E-state index contributed by atoms with van der Waals surface area (Å²) in [5.74, 6) is 0.933. The van der Waals surface area contributed by atoms with Crippen LogP contribution in [0.4, 0.5) is 10.1 Å². The van der Waals surface area contributed by atoms with Gasteiger partial charge < -0.3 is 14.8 Å². The lowest BCUT2D eigenvalue weighted by Gasteiger charge is -2.10. The van der Waals surface area contributed by atoms with Crippen molar-refractivity contribution in [3.05, 3.63) is 58.9 Å². The predicted molar refractivity (Wildman–Crippen MR) is 100 cm³/mol. The number of anilines is 1. The number of ether oxygens (including phenoxy) is 2. The molecule has 1 aliphatic rings. The topological polar surface area (TPSA) is 47.6 Å². The van der Waals surface area contributed by atoms with Crippen molar-refractivity contribution >= 4 is 17.7 Å². The number of amides is 1. The fraction of sp³-hybridized carbons (Fsp3) is 0.286. The molecule has 1 unspecified atom stereocenters. The zero-order valence-corrected chi connectivity index (χ0v) is 15.1. The van der Waals surface area contributed by atoms with Crippen molar-refractivity contribution in [2.75, 3.05) is 11.9 Å². The molecule has 26 heavy (non-hydrogen) atoms. The number of halogens is 1. The highest BCUT2D eigenvalue weighted by Crippen LogP contribution is 2.35. The van der Waals surface area contributed by atoms with Crippen molar-refractivity contribution in [2.45, 2.75) is 33.3 Å². The molecule has 1 amide bonds. The van der Waals surface area contributed by atoms with Gasteiger partial charge in [0.15, 0.2) is 0 Å². The van der Waals surface area contributed by atoms with Crippen molar-refractivity contribution in [2.24, 2.45) is 0 Å².